The summed E-state index contributed by atoms with van der Waals surface area (Å²) >= 11 is 0. The van der Waals surface area contributed by atoms with Crippen LogP contribution < -0.4 is 5.32 Å². The number of aryl methyl sites for hydroxylation is 1. The van der Waals surface area contributed by atoms with Crippen LogP contribution in [0.2, 0.25) is 0 Å². The maximum absolute atomic E-state index is 14.0. The van der Waals surface area contributed by atoms with Crippen molar-refractivity contribution in [2.75, 3.05) is 38.5 Å². The van der Waals surface area contributed by atoms with Crippen LogP contribution >= 0.6 is 0 Å². The molecule has 2 aliphatic rings. The highest BCUT2D eigenvalue weighted by molar-refractivity contribution is 6.36. The molecule has 1 saturated heterocycles. The molecule has 2 aliphatic heterocycles. The molecule has 3 heterocycles. The first-order chi connectivity index (χ1) is 18.2. The Bertz CT molecular complexity index is 1400. The van der Waals surface area contributed by atoms with Gasteiger partial charge in [-0.05, 0) is 74.3 Å². The Labute approximate surface area is 219 Å². The number of aliphatic hydroxyl groups is 1. The number of fused-ring (bicyclic) bond motifs is 1. The van der Waals surface area contributed by atoms with E-state index in [1.165, 1.54) is 17.0 Å². The molecule has 9 heteroatoms. The number of halogens is 2. The number of likely N-dealkylation sites (tertiary alicyclic amines) is 1. The van der Waals surface area contributed by atoms with Crippen molar-refractivity contribution >= 4 is 29.2 Å². The van der Waals surface area contributed by atoms with Gasteiger partial charge in [-0.2, -0.15) is 0 Å². The normalized spacial score (nSPS) is 17.1. The number of benzene rings is 2. The van der Waals surface area contributed by atoms with Crippen molar-refractivity contribution in [3.05, 3.63) is 76.6 Å². The van der Waals surface area contributed by atoms with Gasteiger partial charge in [0.15, 0.2) is 0 Å². The summed E-state index contributed by atoms with van der Waals surface area (Å²) in [6.45, 7) is 4.41. The zero-order chi connectivity index (χ0) is 27.0. The highest BCUT2D eigenvalue weighted by atomic mass is 19.1. The van der Waals surface area contributed by atoms with Gasteiger partial charge in [-0.15, -0.1) is 0 Å². The zero-order valence-electron chi connectivity index (χ0n) is 21.4. The number of carbonyl (C=O) groups excluding carboxylic acids is 2. The lowest BCUT2D eigenvalue weighted by molar-refractivity contribution is -0.110. The summed E-state index contributed by atoms with van der Waals surface area (Å²) in [6, 6.07) is 10.1. The second-order valence-electron chi connectivity index (χ2n) is 10.0. The molecule has 5 rings (SSSR count). The summed E-state index contributed by atoms with van der Waals surface area (Å²) in [6.07, 6.45) is 3.16. The molecule has 1 atom stereocenters. The fourth-order valence-electron chi connectivity index (χ4n) is 5.31. The van der Waals surface area contributed by atoms with Crippen molar-refractivity contribution in [2.45, 2.75) is 25.9 Å². The van der Waals surface area contributed by atoms with Crippen molar-refractivity contribution in [1.29, 1.82) is 0 Å². The van der Waals surface area contributed by atoms with E-state index in [0.717, 1.165) is 37.7 Å². The molecular formula is C29H30F2N4O3. The summed E-state index contributed by atoms with van der Waals surface area (Å²) in [4.78, 5) is 33.2. The first kappa shape index (κ1) is 25.8. The first-order valence-electron chi connectivity index (χ1n) is 12.7. The van der Waals surface area contributed by atoms with Crippen LogP contribution in [0.15, 0.2) is 42.5 Å². The van der Waals surface area contributed by atoms with E-state index in [-0.39, 0.29) is 23.9 Å². The average Bonchev–Trinajstić information content (AvgIpc) is 3.57. The molecule has 0 radical (unpaired) electrons. The van der Waals surface area contributed by atoms with Gasteiger partial charge >= 0.3 is 0 Å². The number of aromatic amines is 1. The Morgan fingerprint density at radius 1 is 1.16 bits per heavy atom. The van der Waals surface area contributed by atoms with Crippen LogP contribution in [0, 0.1) is 18.6 Å². The molecule has 0 spiro atoms. The zero-order valence-corrected chi connectivity index (χ0v) is 21.4. The Hall–Kier alpha value is -3.82. The van der Waals surface area contributed by atoms with Crippen LogP contribution in [0.4, 0.5) is 14.5 Å². The fourth-order valence-corrected chi connectivity index (χ4v) is 5.31. The molecule has 3 N–H and O–H groups in total. The summed E-state index contributed by atoms with van der Waals surface area (Å²) in [7, 11) is 1.64. The number of anilines is 1. The van der Waals surface area contributed by atoms with Crippen LogP contribution in [-0.4, -0.2) is 71.0 Å². The first-order valence-corrected chi connectivity index (χ1v) is 12.7. The molecule has 2 aromatic carbocycles. The van der Waals surface area contributed by atoms with Gasteiger partial charge in [-0.1, -0.05) is 12.1 Å². The molecule has 2 amide bonds. The van der Waals surface area contributed by atoms with Crippen LogP contribution in [0.1, 0.15) is 40.2 Å². The molecule has 198 valence electrons. The Morgan fingerprint density at radius 2 is 1.87 bits per heavy atom. The third kappa shape index (κ3) is 5.25. The number of amides is 2. The predicted octanol–water partition coefficient (Wildman–Crippen LogP) is 4.29. The standard InChI is InChI=1S/C29H30F2N4O3/c1-17-10-23(29(38)34(2)15-21(36)16-35-8-3-4-9-35)26(32-17)14-24-27-22(6-5-7-25(27)33-28(24)37)18-11-19(30)13-20(31)12-18/h5-7,10-14,21,32,36H,3-4,8-9,15-16H2,1-2H3,(H,33,37)/b24-14-. The lowest BCUT2D eigenvalue weighted by Crippen LogP contribution is -2.40. The summed E-state index contributed by atoms with van der Waals surface area (Å²) < 4.78 is 28.0. The van der Waals surface area contributed by atoms with Gasteiger partial charge < -0.3 is 25.2 Å². The maximum atomic E-state index is 14.0. The molecule has 0 bridgehead atoms. The molecule has 38 heavy (non-hydrogen) atoms. The van der Waals surface area contributed by atoms with E-state index in [9.17, 15) is 23.5 Å². The maximum Gasteiger partial charge on any atom is 0.256 e. The van der Waals surface area contributed by atoms with Crippen LogP contribution in [-0.2, 0) is 4.79 Å². The Balaban J connectivity index is 1.46. The second kappa shape index (κ2) is 10.5. The average molecular weight is 521 g/mol. The van der Waals surface area contributed by atoms with E-state index < -0.39 is 17.7 Å². The third-order valence-electron chi connectivity index (χ3n) is 7.00. The van der Waals surface area contributed by atoms with E-state index in [1.807, 2.05) is 6.92 Å². The highest BCUT2D eigenvalue weighted by Crippen LogP contribution is 2.41. The summed E-state index contributed by atoms with van der Waals surface area (Å²) in [5, 5.41) is 13.3. The van der Waals surface area contributed by atoms with Gasteiger partial charge in [-0.3, -0.25) is 9.59 Å². The number of nitrogens with zero attached hydrogens (tertiary/aromatic N) is 2. The molecule has 1 fully saturated rings. The number of rotatable bonds is 7. The van der Waals surface area contributed by atoms with E-state index >= 15 is 0 Å². The van der Waals surface area contributed by atoms with Gasteiger partial charge in [0.05, 0.1) is 22.9 Å². The molecule has 7 nitrogen and oxygen atoms in total. The number of H-pyrrole nitrogens is 1. The number of nitrogens with one attached hydrogen (secondary N) is 2. The number of hydrogen-bond donors (Lipinski definition) is 3. The fraction of sp³-hybridized carbons (Fsp3) is 0.310. The van der Waals surface area contributed by atoms with Crippen molar-refractivity contribution in [3.8, 4) is 11.1 Å². The number of likely N-dealkylation sites (N-methyl/N-ethyl adjacent to an activating group) is 1. The topological polar surface area (TPSA) is 88.7 Å². The monoisotopic (exact) mass is 520 g/mol. The number of β-amino-alcohol motifs (C(OH)–C–C–N with tert-alkyl or cyclic N) is 1. The number of aliphatic hydroxyl groups excluding tert-OH is 1. The lowest BCUT2D eigenvalue weighted by atomic mass is 9.94. The van der Waals surface area contributed by atoms with Gasteiger partial charge in [0.1, 0.15) is 11.6 Å². The largest absolute Gasteiger partial charge is 0.390 e. The molecular weight excluding hydrogens is 490 g/mol. The van der Waals surface area contributed by atoms with E-state index in [4.69, 9.17) is 0 Å². The van der Waals surface area contributed by atoms with Gasteiger partial charge in [0.2, 0.25) is 0 Å². The third-order valence-corrected chi connectivity index (χ3v) is 7.00. The van der Waals surface area contributed by atoms with Crippen molar-refractivity contribution in [2.24, 2.45) is 0 Å². The van der Waals surface area contributed by atoms with E-state index in [0.29, 0.717) is 40.2 Å². The minimum Gasteiger partial charge on any atom is -0.390 e. The van der Waals surface area contributed by atoms with Crippen LogP contribution in [0.25, 0.3) is 22.8 Å². The van der Waals surface area contributed by atoms with Gasteiger partial charge in [0.25, 0.3) is 11.8 Å². The number of hydrogen-bond acceptors (Lipinski definition) is 4. The summed E-state index contributed by atoms with van der Waals surface area (Å²) in [5.41, 5.74) is 3.60. The minimum atomic E-state index is -0.719. The predicted molar refractivity (Wildman–Crippen MR) is 142 cm³/mol. The number of aromatic nitrogens is 1. The van der Waals surface area contributed by atoms with E-state index in [2.05, 4.69) is 15.2 Å². The molecule has 1 unspecified atom stereocenters. The Morgan fingerprint density at radius 3 is 2.58 bits per heavy atom. The molecule has 3 aromatic rings. The van der Waals surface area contributed by atoms with Crippen LogP contribution in [0.5, 0.6) is 0 Å². The molecule has 1 aromatic heterocycles. The molecule has 0 saturated carbocycles. The van der Waals surface area contributed by atoms with Gasteiger partial charge in [-0.25, -0.2) is 8.78 Å². The Kier molecular flexibility index (Phi) is 7.14. The highest BCUT2D eigenvalue weighted by Gasteiger charge is 2.29. The lowest BCUT2D eigenvalue weighted by Gasteiger charge is -2.24. The molecule has 0 aliphatic carbocycles. The van der Waals surface area contributed by atoms with Crippen molar-refractivity contribution in [1.82, 2.24) is 14.8 Å². The number of carbonyl (C=O) groups is 2. The quantitative estimate of drug-likeness (QED) is 0.406. The minimum absolute atomic E-state index is 0.175. The van der Waals surface area contributed by atoms with Crippen LogP contribution in [0.3, 0.4) is 0 Å². The summed E-state index contributed by atoms with van der Waals surface area (Å²) in [5.74, 6) is -2.11. The van der Waals surface area contributed by atoms with Gasteiger partial charge in [0, 0.05) is 43.1 Å². The van der Waals surface area contributed by atoms with Crippen molar-refractivity contribution in [3.63, 3.8) is 0 Å². The second-order valence-corrected chi connectivity index (χ2v) is 10.0. The SMILES string of the molecule is Cc1cc(C(=O)N(C)CC(O)CN2CCCC2)c(/C=C2\C(=O)Nc3cccc(-c4cc(F)cc(F)c4)c32)[nH]1. The smallest absolute Gasteiger partial charge is 0.256 e. The van der Waals surface area contributed by atoms with E-state index in [1.54, 1.807) is 37.4 Å². The van der Waals surface area contributed by atoms with Crippen molar-refractivity contribution < 1.29 is 23.5 Å².